The van der Waals surface area contributed by atoms with Crippen molar-refractivity contribution >= 4 is 5.91 Å². The highest BCUT2D eigenvalue weighted by molar-refractivity contribution is 5.64. The first-order chi connectivity index (χ1) is 2.94. The van der Waals surface area contributed by atoms with Crippen molar-refractivity contribution in [3.63, 3.8) is 0 Å². The number of hydrogen-bond donors (Lipinski definition) is 1. The van der Waals surface area contributed by atoms with Crippen LogP contribution >= 0.6 is 0 Å². The van der Waals surface area contributed by atoms with E-state index in [1.807, 2.05) is 0 Å². The Labute approximate surface area is 42.7 Å². The Kier molecular flexibility index (Phi) is 1.50. The van der Waals surface area contributed by atoms with Gasteiger partial charge in [-0.25, -0.2) is 10.0 Å². The van der Waals surface area contributed by atoms with Gasteiger partial charge in [0.1, 0.15) is 14.1 Å². The van der Waals surface area contributed by atoms with Gasteiger partial charge in [-0.2, -0.15) is 0 Å². The van der Waals surface area contributed by atoms with Crippen molar-refractivity contribution in [2.45, 2.75) is 6.92 Å². The summed E-state index contributed by atoms with van der Waals surface area (Å²) in [4.78, 5) is 10.2. The van der Waals surface area contributed by atoms with E-state index in [1.165, 1.54) is 21.0 Å². The van der Waals surface area contributed by atoms with Gasteiger partial charge in [0.15, 0.2) is 0 Å². The average molecular weight is 104 g/mol. The van der Waals surface area contributed by atoms with Crippen molar-refractivity contribution < 1.29 is 14.6 Å². The Morgan fingerprint density at radius 3 is 1.71 bits per heavy atom. The van der Waals surface area contributed by atoms with Gasteiger partial charge in [0.2, 0.25) is 0 Å². The molecular formula is C4H10NO2+. The number of rotatable bonds is 0. The SMILES string of the molecule is CC(=O)[N+](C)(C)O. The number of carbonyl (C=O) groups excluding carboxylic acids is 1. The van der Waals surface area contributed by atoms with Crippen LogP contribution in [-0.4, -0.2) is 29.9 Å². The second-order valence-electron chi connectivity index (χ2n) is 1.91. The molecular weight excluding hydrogens is 94.0 g/mol. The molecule has 0 aliphatic rings. The van der Waals surface area contributed by atoms with Crippen LogP contribution in [0.15, 0.2) is 0 Å². The maximum atomic E-state index is 10.2. The summed E-state index contributed by atoms with van der Waals surface area (Å²) in [6.07, 6.45) is 0. The summed E-state index contributed by atoms with van der Waals surface area (Å²) in [5, 5.41) is 8.68. The fourth-order valence-electron chi connectivity index (χ4n) is 0. The number of hydrogen-bond acceptors (Lipinski definition) is 2. The van der Waals surface area contributed by atoms with Crippen LogP contribution in [0.2, 0.25) is 0 Å². The summed E-state index contributed by atoms with van der Waals surface area (Å²) in [5.41, 5.74) is 0. The van der Waals surface area contributed by atoms with Gasteiger partial charge >= 0.3 is 5.91 Å². The second kappa shape index (κ2) is 1.60. The van der Waals surface area contributed by atoms with Gasteiger partial charge in [0.05, 0.1) is 6.92 Å². The van der Waals surface area contributed by atoms with E-state index in [2.05, 4.69) is 0 Å². The molecule has 0 fully saturated rings. The third-order valence-electron chi connectivity index (χ3n) is 0.771. The molecule has 0 aromatic rings. The van der Waals surface area contributed by atoms with Gasteiger partial charge in [-0.05, 0) is 0 Å². The second-order valence-corrected chi connectivity index (χ2v) is 1.91. The van der Waals surface area contributed by atoms with Gasteiger partial charge in [-0.3, -0.25) is 0 Å². The van der Waals surface area contributed by atoms with E-state index in [9.17, 15) is 4.79 Å². The molecule has 3 heteroatoms. The summed E-state index contributed by atoms with van der Waals surface area (Å²) >= 11 is 0. The first-order valence-electron chi connectivity index (χ1n) is 2.02. The summed E-state index contributed by atoms with van der Waals surface area (Å²) in [6.45, 7) is 1.33. The lowest BCUT2D eigenvalue weighted by molar-refractivity contribution is -1.01. The molecule has 42 valence electrons. The molecule has 0 unspecified atom stereocenters. The maximum Gasteiger partial charge on any atom is 0.342 e. The number of nitrogens with zero attached hydrogens (tertiary/aromatic N) is 1. The lowest BCUT2D eigenvalue weighted by atomic mass is 10.6. The van der Waals surface area contributed by atoms with Crippen molar-refractivity contribution in [2.24, 2.45) is 0 Å². The Morgan fingerprint density at radius 1 is 1.57 bits per heavy atom. The van der Waals surface area contributed by atoms with Crippen LogP contribution in [0.1, 0.15) is 6.92 Å². The standard InChI is InChI=1S/C4H10NO2/c1-4(6)5(2,3)7/h7H,1-3H3/q+1. The van der Waals surface area contributed by atoms with Crippen molar-refractivity contribution in [1.29, 1.82) is 0 Å². The normalized spacial score (nSPS) is 11.4. The minimum absolute atomic E-state index is 0.264. The van der Waals surface area contributed by atoms with Gasteiger partial charge < -0.3 is 0 Å². The van der Waals surface area contributed by atoms with Crippen LogP contribution in [-0.2, 0) is 4.79 Å². The zero-order chi connectivity index (χ0) is 6.08. The lowest BCUT2D eigenvalue weighted by Crippen LogP contribution is -2.39. The molecule has 0 saturated carbocycles. The van der Waals surface area contributed by atoms with Crippen LogP contribution in [0.25, 0.3) is 0 Å². The predicted octanol–water partition coefficient (Wildman–Crippen LogP) is -0.00150. The number of hydroxylamine groups is 3. The third kappa shape index (κ3) is 2.31. The van der Waals surface area contributed by atoms with Crippen molar-refractivity contribution in [3.8, 4) is 0 Å². The summed E-state index contributed by atoms with van der Waals surface area (Å²) in [6, 6.07) is 0. The van der Waals surface area contributed by atoms with E-state index >= 15 is 0 Å². The first-order valence-corrected chi connectivity index (χ1v) is 2.02. The quantitative estimate of drug-likeness (QED) is 0.267. The van der Waals surface area contributed by atoms with Gasteiger partial charge in [-0.1, -0.05) is 0 Å². The van der Waals surface area contributed by atoms with E-state index < -0.39 is 4.65 Å². The molecule has 0 saturated heterocycles. The lowest BCUT2D eigenvalue weighted by Gasteiger charge is -2.12. The Hall–Kier alpha value is -0.410. The van der Waals surface area contributed by atoms with Crippen LogP contribution in [0, 0.1) is 0 Å². The van der Waals surface area contributed by atoms with Crippen molar-refractivity contribution in [2.75, 3.05) is 14.1 Å². The first kappa shape index (κ1) is 6.59. The molecule has 0 heterocycles. The molecule has 0 aliphatic heterocycles. The highest BCUT2D eigenvalue weighted by Gasteiger charge is 2.16. The highest BCUT2D eigenvalue weighted by atomic mass is 16.6. The minimum Gasteiger partial charge on any atom is -0.228 e. The van der Waals surface area contributed by atoms with Crippen molar-refractivity contribution in [3.05, 3.63) is 0 Å². The molecule has 1 amide bonds. The van der Waals surface area contributed by atoms with Crippen LogP contribution in [0.5, 0.6) is 0 Å². The molecule has 0 aromatic carbocycles. The highest BCUT2D eigenvalue weighted by Crippen LogP contribution is 1.86. The Balaban J connectivity index is 3.79. The fourth-order valence-corrected chi connectivity index (χ4v) is 0. The maximum absolute atomic E-state index is 10.2. The fraction of sp³-hybridized carbons (Fsp3) is 0.750. The van der Waals surface area contributed by atoms with Crippen LogP contribution in [0.4, 0.5) is 0 Å². The van der Waals surface area contributed by atoms with Crippen molar-refractivity contribution in [1.82, 2.24) is 0 Å². The molecule has 0 aromatic heterocycles. The predicted molar refractivity (Wildman–Crippen MR) is 24.6 cm³/mol. The van der Waals surface area contributed by atoms with Crippen LogP contribution in [0.3, 0.4) is 0 Å². The van der Waals surface area contributed by atoms with E-state index in [1.54, 1.807) is 0 Å². The summed E-state index contributed by atoms with van der Waals surface area (Å²) in [7, 11) is 2.81. The topological polar surface area (TPSA) is 37.3 Å². The molecule has 1 N–H and O–H groups in total. The molecule has 0 bridgehead atoms. The Morgan fingerprint density at radius 2 is 1.71 bits per heavy atom. The summed E-state index contributed by atoms with van der Waals surface area (Å²) < 4.78 is -0.583. The number of amides is 1. The minimum atomic E-state index is -0.583. The molecule has 0 spiro atoms. The monoisotopic (exact) mass is 104 g/mol. The average Bonchev–Trinajstić information content (AvgIpc) is 1.31. The number of carbonyl (C=O) groups is 1. The van der Waals surface area contributed by atoms with E-state index in [0.717, 1.165) is 0 Å². The molecule has 3 nitrogen and oxygen atoms in total. The summed E-state index contributed by atoms with van der Waals surface area (Å²) in [5.74, 6) is -0.264. The zero-order valence-electron chi connectivity index (χ0n) is 4.80. The zero-order valence-corrected chi connectivity index (χ0v) is 4.80. The van der Waals surface area contributed by atoms with Gasteiger partial charge in [-0.15, -0.1) is 4.65 Å². The molecule has 7 heavy (non-hydrogen) atoms. The largest absolute Gasteiger partial charge is 0.342 e. The number of quaternary nitrogens is 1. The van der Waals surface area contributed by atoms with E-state index in [0.29, 0.717) is 0 Å². The Bertz CT molecular complexity index is 82.2. The van der Waals surface area contributed by atoms with E-state index in [4.69, 9.17) is 5.21 Å². The molecule has 0 aliphatic carbocycles. The van der Waals surface area contributed by atoms with E-state index in [-0.39, 0.29) is 5.91 Å². The van der Waals surface area contributed by atoms with Gasteiger partial charge in [0.25, 0.3) is 0 Å². The molecule has 0 radical (unpaired) electrons. The van der Waals surface area contributed by atoms with Crippen LogP contribution < -0.4 is 0 Å². The smallest absolute Gasteiger partial charge is 0.228 e. The van der Waals surface area contributed by atoms with Gasteiger partial charge in [0, 0.05) is 0 Å². The molecule has 0 rings (SSSR count). The molecule has 0 atom stereocenters. The third-order valence-corrected chi connectivity index (χ3v) is 0.771.